The van der Waals surface area contributed by atoms with Crippen molar-refractivity contribution in [3.8, 4) is 0 Å². The summed E-state index contributed by atoms with van der Waals surface area (Å²) in [6, 6.07) is 26.2. The summed E-state index contributed by atoms with van der Waals surface area (Å²) in [7, 11) is 0. The Morgan fingerprint density at radius 1 is 0.939 bits per heavy atom. The molecule has 1 heterocycles. The van der Waals surface area contributed by atoms with Crippen molar-refractivity contribution >= 4 is 17.7 Å². The lowest BCUT2D eigenvalue weighted by Crippen LogP contribution is -2.31. The Balaban J connectivity index is 1.49. The first-order valence-electron chi connectivity index (χ1n) is 11.1. The van der Waals surface area contributed by atoms with E-state index in [0.717, 1.165) is 34.4 Å². The largest absolute Gasteiger partial charge is 0.392 e. The highest BCUT2D eigenvalue weighted by molar-refractivity contribution is 7.99. The number of thioether (sulfide) groups is 1. The molecule has 172 valence electrons. The van der Waals surface area contributed by atoms with Gasteiger partial charge in [-0.25, -0.2) is 0 Å². The normalized spacial score (nSPS) is 20.4. The van der Waals surface area contributed by atoms with Crippen LogP contribution in [0.2, 0.25) is 0 Å². The Bertz CT molecular complexity index is 1020. The summed E-state index contributed by atoms with van der Waals surface area (Å²) in [5, 5.41) is 12.2. The van der Waals surface area contributed by atoms with Gasteiger partial charge in [-0.15, -0.1) is 11.8 Å². The number of carbonyl (C=O) groups excluding carboxylic acids is 1. The van der Waals surface area contributed by atoms with E-state index in [0.29, 0.717) is 6.54 Å². The minimum Gasteiger partial charge on any atom is -0.392 e. The average molecular weight is 464 g/mol. The molecule has 33 heavy (non-hydrogen) atoms. The third-order valence-corrected chi connectivity index (χ3v) is 6.73. The van der Waals surface area contributed by atoms with Crippen molar-refractivity contribution in [2.75, 3.05) is 5.75 Å². The van der Waals surface area contributed by atoms with Gasteiger partial charge in [0.2, 0.25) is 5.91 Å². The van der Waals surface area contributed by atoms with Gasteiger partial charge in [0.15, 0.2) is 6.29 Å². The predicted molar refractivity (Wildman–Crippen MR) is 130 cm³/mol. The molecule has 5 nitrogen and oxygen atoms in total. The van der Waals surface area contributed by atoms with Gasteiger partial charge in [0.25, 0.3) is 0 Å². The first-order chi connectivity index (χ1) is 16.1. The van der Waals surface area contributed by atoms with Crippen molar-refractivity contribution in [2.24, 2.45) is 0 Å². The standard InChI is InChI=1S/C27H29NO4S/c1-19(30)28-16-20-7-13-23(14-8-20)27-31-24(18-33-25-5-3-2-4-6-25)15-26(32-27)22-11-9-21(17-29)10-12-22/h2-14,24,26-27,29H,15-18H2,1H3,(H,28,30). The molecular formula is C27H29NO4S. The van der Waals surface area contributed by atoms with Crippen LogP contribution >= 0.6 is 11.8 Å². The molecule has 1 amide bonds. The third kappa shape index (κ3) is 6.68. The Kier molecular flexibility index (Phi) is 8.18. The van der Waals surface area contributed by atoms with Gasteiger partial charge in [-0.1, -0.05) is 66.7 Å². The quantitative estimate of drug-likeness (QED) is 0.452. The minimum absolute atomic E-state index is 0.0236. The van der Waals surface area contributed by atoms with E-state index in [-0.39, 0.29) is 24.7 Å². The van der Waals surface area contributed by atoms with Gasteiger partial charge in [-0.2, -0.15) is 0 Å². The van der Waals surface area contributed by atoms with Crippen molar-refractivity contribution in [3.05, 3.63) is 101 Å². The SMILES string of the molecule is CC(=O)NCc1ccc(C2OC(CSc3ccccc3)CC(c3ccc(CO)cc3)O2)cc1. The number of aliphatic hydroxyl groups is 1. The molecule has 2 N–H and O–H groups in total. The van der Waals surface area contributed by atoms with Gasteiger partial charge in [0, 0.05) is 36.1 Å². The first-order valence-corrected chi connectivity index (χ1v) is 12.1. The lowest BCUT2D eigenvalue weighted by atomic mass is 10.0. The van der Waals surface area contributed by atoms with E-state index < -0.39 is 6.29 Å². The molecule has 1 saturated heterocycles. The molecule has 1 aliphatic rings. The number of hydrogen-bond acceptors (Lipinski definition) is 5. The molecule has 0 aliphatic carbocycles. The summed E-state index contributed by atoms with van der Waals surface area (Å²) >= 11 is 1.79. The minimum atomic E-state index is -0.475. The molecule has 3 unspecified atom stereocenters. The van der Waals surface area contributed by atoms with E-state index in [9.17, 15) is 9.90 Å². The molecule has 0 bridgehead atoms. The van der Waals surface area contributed by atoms with E-state index in [4.69, 9.17) is 9.47 Å². The zero-order valence-corrected chi connectivity index (χ0v) is 19.5. The molecule has 0 aromatic heterocycles. The Morgan fingerprint density at radius 2 is 1.61 bits per heavy atom. The molecule has 0 saturated carbocycles. The van der Waals surface area contributed by atoms with E-state index in [1.54, 1.807) is 11.8 Å². The summed E-state index contributed by atoms with van der Waals surface area (Å²) in [5.74, 6) is 0.780. The molecule has 3 aromatic rings. The maximum Gasteiger partial charge on any atom is 0.217 e. The summed E-state index contributed by atoms with van der Waals surface area (Å²) in [4.78, 5) is 12.4. The maximum absolute atomic E-state index is 11.2. The summed E-state index contributed by atoms with van der Waals surface area (Å²) in [6.07, 6.45) is 0.208. The van der Waals surface area contributed by atoms with Crippen LogP contribution in [0.3, 0.4) is 0 Å². The number of ether oxygens (including phenoxy) is 2. The Hall–Kier alpha value is -2.64. The number of carbonyl (C=O) groups is 1. The average Bonchev–Trinajstić information content (AvgIpc) is 2.87. The van der Waals surface area contributed by atoms with Gasteiger partial charge >= 0.3 is 0 Å². The number of nitrogens with one attached hydrogen (secondary N) is 1. The van der Waals surface area contributed by atoms with Crippen molar-refractivity contribution in [3.63, 3.8) is 0 Å². The molecule has 0 radical (unpaired) electrons. The molecule has 0 spiro atoms. The molecule has 4 rings (SSSR count). The van der Waals surface area contributed by atoms with Crippen LogP contribution in [-0.2, 0) is 27.4 Å². The van der Waals surface area contributed by atoms with Crippen LogP contribution in [0.4, 0.5) is 0 Å². The van der Waals surface area contributed by atoms with Crippen LogP contribution in [-0.4, -0.2) is 22.9 Å². The van der Waals surface area contributed by atoms with E-state index in [1.807, 2.05) is 66.7 Å². The molecule has 1 fully saturated rings. The van der Waals surface area contributed by atoms with Gasteiger partial charge in [0.1, 0.15) is 0 Å². The molecular weight excluding hydrogens is 434 g/mol. The van der Waals surface area contributed by atoms with Gasteiger partial charge in [-0.05, 0) is 28.8 Å². The second kappa shape index (κ2) is 11.5. The fraction of sp³-hybridized carbons (Fsp3) is 0.296. The van der Waals surface area contributed by atoms with Crippen LogP contribution in [0, 0.1) is 0 Å². The highest BCUT2D eigenvalue weighted by Gasteiger charge is 2.32. The number of rotatable bonds is 8. The van der Waals surface area contributed by atoms with Gasteiger partial charge in [-0.3, -0.25) is 4.79 Å². The van der Waals surface area contributed by atoms with E-state index >= 15 is 0 Å². The zero-order chi connectivity index (χ0) is 23.0. The number of amides is 1. The van der Waals surface area contributed by atoms with Crippen LogP contribution in [0.1, 0.15) is 48.0 Å². The topological polar surface area (TPSA) is 67.8 Å². The fourth-order valence-corrected chi connectivity index (χ4v) is 4.69. The first kappa shape index (κ1) is 23.5. The summed E-state index contributed by atoms with van der Waals surface area (Å²) in [6.45, 7) is 2.04. The predicted octanol–water partition coefficient (Wildman–Crippen LogP) is 5.15. The van der Waals surface area contributed by atoms with Crippen molar-refractivity contribution in [1.29, 1.82) is 0 Å². The smallest absolute Gasteiger partial charge is 0.217 e. The highest BCUT2D eigenvalue weighted by atomic mass is 32.2. The van der Waals surface area contributed by atoms with Crippen molar-refractivity contribution < 1.29 is 19.4 Å². The second-order valence-electron chi connectivity index (χ2n) is 8.13. The molecule has 3 atom stereocenters. The van der Waals surface area contributed by atoms with Crippen LogP contribution < -0.4 is 5.32 Å². The summed E-state index contributed by atoms with van der Waals surface area (Å²) in [5.41, 5.74) is 3.94. The van der Waals surface area contributed by atoms with Crippen LogP contribution in [0.15, 0.2) is 83.8 Å². The second-order valence-corrected chi connectivity index (χ2v) is 9.22. The Morgan fingerprint density at radius 3 is 2.27 bits per heavy atom. The highest BCUT2D eigenvalue weighted by Crippen LogP contribution is 2.39. The van der Waals surface area contributed by atoms with Crippen LogP contribution in [0.25, 0.3) is 0 Å². The Labute approximate surface area is 199 Å². The van der Waals surface area contributed by atoms with Gasteiger partial charge < -0.3 is 19.9 Å². The third-order valence-electron chi connectivity index (χ3n) is 5.59. The number of benzene rings is 3. The molecule has 1 aliphatic heterocycles. The molecule has 6 heteroatoms. The lowest BCUT2D eigenvalue weighted by Gasteiger charge is -2.36. The summed E-state index contributed by atoms with van der Waals surface area (Å²) < 4.78 is 12.8. The fourth-order valence-electron chi connectivity index (χ4n) is 3.75. The lowest BCUT2D eigenvalue weighted by molar-refractivity contribution is -0.245. The zero-order valence-electron chi connectivity index (χ0n) is 18.6. The maximum atomic E-state index is 11.2. The van der Waals surface area contributed by atoms with Gasteiger partial charge in [0.05, 0.1) is 18.8 Å². The van der Waals surface area contributed by atoms with Crippen molar-refractivity contribution in [2.45, 2.75) is 49.9 Å². The molecule has 3 aromatic carbocycles. The van der Waals surface area contributed by atoms with Crippen molar-refractivity contribution in [1.82, 2.24) is 5.32 Å². The van der Waals surface area contributed by atoms with E-state index in [1.165, 1.54) is 11.8 Å². The number of hydrogen-bond donors (Lipinski definition) is 2. The monoisotopic (exact) mass is 463 g/mol. The number of aliphatic hydroxyl groups excluding tert-OH is 1. The van der Waals surface area contributed by atoms with Crippen LogP contribution in [0.5, 0.6) is 0 Å². The van der Waals surface area contributed by atoms with E-state index in [2.05, 4.69) is 17.4 Å².